The Bertz CT molecular complexity index is 496. The van der Waals surface area contributed by atoms with Gasteiger partial charge in [0.25, 0.3) is 0 Å². The first-order valence-corrected chi connectivity index (χ1v) is 9.41. The van der Waals surface area contributed by atoms with Gasteiger partial charge >= 0.3 is 0 Å². The zero-order valence-corrected chi connectivity index (χ0v) is 14.3. The highest BCUT2D eigenvalue weighted by molar-refractivity contribution is 7.88. The number of rotatable bonds is 2. The maximum absolute atomic E-state index is 12.8. The van der Waals surface area contributed by atoms with Crippen molar-refractivity contribution < 1.29 is 13.2 Å². The lowest BCUT2D eigenvalue weighted by Gasteiger charge is -2.47. The van der Waals surface area contributed by atoms with Crippen molar-refractivity contribution in [3.63, 3.8) is 0 Å². The number of nitrogens with zero attached hydrogens (tertiary/aromatic N) is 3. The molecule has 0 aromatic rings. The molecule has 1 amide bonds. The summed E-state index contributed by atoms with van der Waals surface area (Å²) < 4.78 is 24.5. The molecule has 2 rings (SSSR count). The minimum absolute atomic E-state index is 0.0364. The third-order valence-electron chi connectivity index (χ3n) is 4.63. The first kappa shape index (κ1) is 16.7. The third kappa shape index (κ3) is 3.76. The van der Waals surface area contributed by atoms with E-state index in [0.717, 1.165) is 19.6 Å². The molecule has 0 aromatic heterocycles. The lowest BCUT2D eigenvalue weighted by Crippen LogP contribution is -2.61. The third-order valence-corrected chi connectivity index (χ3v) is 5.93. The van der Waals surface area contributed by atoms with Crippen LogP contribution in [0, 0.1) is 5.92 Å². The Balaban J connectivity index is 1.99. The monoisotopic (exact) mass is 317 g/mol. The first-order chi connectivity index (χ1) is 9.61. The Morgan fingerprint density at radius 1 is 1.10 bits per heavy atom. The molecule has 0 bridgehead atoms. The largest absolute Gasteiger partial charge is 0.335 e. The summed E-state index contributed by atoms with van der Waals surface area (Å²) in [5.74, 6) is 0.159. The summed E-state index contributed by atoms with van der Waals surface area (Å²) in [6.07, 6.45) is 2.50. The number of piperazine rings is 1. The maximum Gasteiger partial charge on any atom is 0.226 e. The van der Waals surface area contributed by atoms with Crippen LogP contribution in [0.4, 0.5) is 0 Å². The number of carbonyl (C=O) groups excluding carboxylic acids is 1. The smallest absolute Gasteiger partial charge is 0.226 e. The Morgan fingerprint density at radius 2 is 1.67 bits per heavy atom. The highest BCUT2D eigenvalue weighted by atomic mass is 32.2. The van der Waals surface area contributed by atoms with Crippen LogP contribution >= 0.6 is 0 Å². The van der Waals surface area contributed by atoms with Gasteiger partial charge in [-0.2, -0.15) is 0 Å². The Morgan fingerprint density at radius 3 is 2.14 bits per heavy atom. The second kappa shape index (κ2) is 5.85. The average Bonchev–Trinajstić information content (AvgIpc) is 2.36. The number of carbonyl (C=O) groups is 1. The van der Waals surface area contributed by atoms with E-state index in [1.54, 1.807) is 0 Å². The van der Waals surface area contributed by atoms with E-state index >= 15 is 0 Å². The second-order valence-electron chi connectivity index (χ2n) is 6.98. The average molecular weight is 317 g/mol. The van der Waals surface area contributed by atoms with Crippen molar-refractivity contribution in [1.29, 1.82) is 0 Å². The summed E-state index contributed by atoms with van der Waals surface area (Å²) in [4.78, 5) is 17.0. The molecule has 2 heterocycles. The fourth-order valence-electron chi connectivity index (χ4n) is 3.46. The van der Waals surface area contributed by atoms with Gasteiger partial charge in [0.1, 0.15) is 0 Å². The fourth-order valence-corrected chi connectivity index (χ4v) is 4.34. The van der Waals surface area contributed by atoms with Crippen LogP contribution in [0.25, 0.3) is 0 Å². The number of hydrogen-bond donors (Lipinski definition) is 0. The molecule has 0 unspecified atom stereocenters. The quantitative estimate of drug-likeness (QED) is 0.730. The summed E-state index contributed by atoms with van der Waals surface area (Å²) >= 11 is 0. The molecule has 2 fully saturated rings. The number of piperidine rings is 1. The van der Waals surface area contributed by atoms with Crippen molar-refractivity contribution >= 4 is 15.9 Å². The SMILES string of the molecule is CN1CCN(C(=O)C2CCN(S(C)(=O)=O)CC2)C(C)(C)C1. The zero-order valence-electron chi connectivity index (χ0n) is 13.5. The Labute approximate surface area is 128 Å². The van der Waals surface area contributed by atoms with Crippen LogP contribution in [0.3, 0.4) is 0 Å². The summed E-state index contributed by atoms with van der Waals surface area (Å²) in [7, 11) is -1.05. The van der Waals surface area contributed by atoms with E-state index in [1.165, 1.54) is 10.6 Å². The maximum atomic E-state index is 12.8. The molecule has 0 atom stereocenters. The van der Waals surface area contributed by atoms with Gasteiger partial charge in [-0.3, -0.25) is 4.79 Å². The molecule has 0 aliphatic carbocycles. The van der Waals surface area contributed by atoms with Crippen LogP contribution in [-0.4, -0.2) is 80.0 Å². The fraction of sp³-hybridized carbons (Fsp3) is 0.929. The molecular weight excluding hydrogens is 290 g/mol. The molecule has 0 aromatic carbocycles. The molecular formula is C14H27N3O3S. The molecule has 0 radical (unpaired) electrons. The van der Waals surface area contributed by atoms with E-state index in [-0.39, 0.29) is 17.4 Å². The topological polar surface area (TPSA) is 60.9 Å². The van der Waals surface area contributed by atoms with Crippen LogP contribution in [-0.2, 0) is 14.8 Å². The highest BCUT2D eigenvalue weighted by Gasteiger charge is 2.39. The summed E-state index contributed by atoms with van der Waals surface area (Å²) in [6, 6.07) is 0. The molecule has 122 valence electrons. The molecule has 7 heteroatoms. The van der Waals surface area contributed by atoms with Crippen molar-refractivity contribution in [3.8, 4) is 0 Å². The standard InChI is InChI=1S/C14H27N3O3S/c1-14(2)11-15(3)9-10-17(14)13(18)12-5-7-16(8-6-12)21(4,19)20/h12H,5-11H2,1-4H3. The predicted molar refractivity (Wildman–Crippen MR) is 82.4 cm³/mol. The van der Waals surface area contributed by atoms with Crippen LogP contribution in [0.1, 0.15) is 26.7 Å². The van der Waals surface area contributed by atoms with Crippen molar-refractivity contribution in [3.05, 3.63) is 0 Å². The molecule has 2 saturated heterocycles. The van der Waals surface area contributed by atoms with Crippen LogP contribution < -0.4 is 0 Å². The van der Waals surface area contributed by atoms with Crippen molar-refractivity contribution in [1.82, 2.24) is 14.1 Å². The summed E-state index contributed by atoms with van der Waals surface area (Å²) in [5, 5.41) is 0. The van der Waals surface area contributed by atoms with Gasteiger partial charge in [0.2, 0.25) is 15.9 Å². The zero-order chi connectivity index (χ0) is 15.8. The summed E-state index contributed by atoms with van der Waals surface area (Å²) in [5.41, 5.74) is -0.155. The lowest BCUT2D eigenvalue weighted by molar-refractivity contribution is -0.145. The number of hydrogen-bond acceptors (Lipinski definition) is 4. The second-order valence-corrected chi connectivity index (χ2v) is 8.96. The van der Waals surface area contributed by atoms with Gasteiger partial charge in [0, 0.05) is 44.2 Å². The van der Waals surface area contributed by atoms with Gasteiger partial charge in [0.05, 0.1) is 6.26 Å². The van der Waals surface area contributed by atoms with E-state index in [9.17, 15) is 13.2 Å². The lowest BCUT2D eigenvalue weighted by atomic mass is 9.92. The Kier molecular flexibility index (Phi) is 4.66. The van der Waals surface area contributed by atoms with E-state index in [2.05, 4.69) is 25.8 Å². The van der Waals surface area contributed by atoms with Crippen molar-refractivity contribution in [2.45, 2.75) is 32.2 Å². The normalized spacial score (nSPS) is 26.0. The van der Waals surface area contributed by atoms with E-state index in [4.69, 9.17) is 0 Å². The van der Waals surface area contributed by atoms with Crippen LogP contribution in [0.15, 0.2) is 0 Å². The predicted octanol–water partition coefficient (Wildman–Crippen LogP) is 0.211. The molecule has 6 nitrogen and oxygen atoms in total. The molecule has 2 aliphatic rings. The van der Waals surface area contributed by atoms with E-state index < -0.39 is 10.0 Å². The minimum Gasteiger partial charge on any atom is -0.335 e. The van der Waals surface area contributed by atoms with Gasteiger partial charge in [-0.15, -0.1) is 0 Å². The van der Waals surface area contributed by atoms with E-state index in [1.807, 2.05) is 4.90 Å². The van der Waals surface area contributed by atoms with Crippen molar-refractivity contribution in [2.75, 3.05) is 46.0 Å². The summed E-state index contributed by atoms with van der Waals surface area (Å²) in [6.45, 7) is 7.66. The van der Waals surface area contributed by atoms with Crippen LogP contribution in [0.5, 0.6) is 0 Å². The van der Waals surface area contributed by atoms with Gasteiger partial charge in [0.15, 0.2) is 0 Å². The highest BCUT2D eigenvalue weighted by Crippen LogP contribution is 2.27. The van der Waals surface area contributed by atoms with E-state index in [0.29, 0.717) is 25.9 Å². The first-order valence-electron chi connectivity index (χ1n) is 7.56. The van der Waals surface area contributed by atoms with Gasteiger partial charge < -0.3 is 9.80 Å². The van der Waals surface area contributed by atoms with Crippen LogP contribution in [0.2, 0.25) is 0 Å². The molecule has 0 N–H and O–H groups in total. The molecule has 0 saturated carbocycles. The molecule has 2 aliphatic heterocycles. The van der Waals surface area contributed by atoms with Gasteiger partial charge in [-0.25, -0.2) is 12.7 Å². The van der Waals surface area contributed by atoms with Crippen molar-refractivity contribution in [2.24, 2.45) is 5.92 Å². The molecule has 0 spiro atoms. The minimum atomic E-state index is -3.13. The van der Waals surface area contributed by atoms with Gasteiger partial charge in [-0.1, -0.05) is 0 Å². The number of likely N-dealkylation sites (N-methyl/N-ethyl adjacent to an activating group) is 1. The number of amides is 1. The number of sulfonamides is 1. The molecule has 21 heavy (non-hydrogen) atoms. The Hall–Kier alpha value is -0.660. The van der Waals surface area contributed by atoms with Gasteiger partial charge in [-0.05, 0) is 33.7 Å².